The molecule has 3 nitrogen and oxygen atoms in total. The zero-order valence-electron chi connectivity index (χ0n) is 9.90. The van der Waals surface area contributed by atoms with Crippen LogP contribution < -0.4 is 11.1 Å². The van der Waals surface area contributed by atoms with Gasteiger partial charge in [-0.05, 0) is 23.9 Å². The average molecular weight is 353 g/mol. The highest BCUT2D eigenvalue weighted by atomic mass is 35.5. The Hall–Kier alpha value is -1.29. The first-order chi connectivity index (χ1) is 9.37. The van der Waals surface area contributed by atoms with Gasteiger partial charge in [0.1, 0.15) is 6.42 Å². The van der Waals surface area contributed by atoms with Gasteiger partial charge in [0.15, 0.2) is 0 Å². The lowest BCUT2D eigenvalue weighted by atomic mass is 10.2. The summed E-state index contributed by atoms with van der Waals surface area (Å²) in [5.41, 5.74) is 0.127. The van der Waals surface area contributed by atoms with Crippen LogP contribution in [0.3, 0.4) is 0 Å². The SMILES string of the molecule is Nc1cc(Cl)c(SC(F)(F)F)cc1NC(=O)CC(F)(F)F. The topological polar surface area (TPSA) is 55.1 Å². The maximum Gasteiger partial charge on any atom is 0.446 e. The fraction of sp³-hybridized carbons (Fsp3) is 0.300. The minimum Gasteiger partial charge on any atom is -0.397 e. The second kappa shape index (κ2) is 6.22. The second-order valence-electron chi connectivity index (χ2n) is 3.76. The maximum absolute atomic E-state index is 12.3. The molecule has 0 fully saturated rings. The Morgan fingerprint density at radius 3 is 2.29 bits per heavy atom. The average Bonchev–Trinajstić information content (AvgIpc) is 2.20. The molecule has 0 saturated carbocycles. The predicted octanol–water partition coefficient (Wildman–Crippen LogP) is 4.43. The van der Waals surface area contributed by atoms with Gasteiger partial charge in [-0.3, -0.25) is 4.79 Å². The Morgan fingerprint density at radius 1 is 1.24 bits per heavy atom. The number of alkyl halides is 6. The molecule has 0 aliphatic rings. The number of nitrogens with one attached hydrogen (secondary N) is 1. The number of amides is 1. The number of nitrogen functional groups attached to an aromatic ring is 1. The first-order valence-corrected chi connectivity index (χ1v) is 6.28. The standard InChI is InChI=1S/C10H7ClF6N2OS/c11-4-1-5(18)6(2-7(4)21-10(15,16)17)19-8(20)3-9(12,13)14/h1-2H,3,18H2,(H,19,20). The van der Waals surface area contributed by atoms with Gasteiger partial charge in [0.2, 0.25) is 5.91 Å². The Balaban J connectivity index is 2.97. The van der Waals surface area contributed by atoms with Gasteiger partial charge >= 0.3 is 11.7 Å². The molecule has 0 saturated heterocycles. The number of carbonyl (C=O) groups is 1. The van der Waals surface area contributed by atoms with E-state index in [0.717, 1.165) is 12.1 Å². The number of rotatable bonds is 3. The van der Waals surface area contributed by atoms with Crippen LogP contribution in [0.1, 0.15) is 6.42 Å². The first-order valence-electron chi connectivity index (χ1n) is 5.09. The molecule has 1 amide bonds. The summed E-state index contributed by atoms with van der Waals surface area (Å²) >= 11 is 4.99. The number of hydrogen-bond acceptors (Lipinski definition) is 3. The molecule has 0 radical (unpaired) electrons. The number of nitrogens with two attached hydrogens (primary N) is 1. The fourth-order valence-electron chi connectivity index (χ4n) is 1.26. The minimum absolute atomic E-state index is 0.248. The van der Waals surface area contributed by atoms with E-state index in [9.17, 15) is 31.1 Å². The van der Waals surface area contributed by atoms with Gasteiger partial charge in [0.25, 0.3) is 0 Å². The maximum atomic E-state index is 12.3. The van der Waals surface area contributed by atoms with Crippen LogP contribution in [0.4, 0.5) is 37.7 Å². The van der Waals surface area contributed by atoms with Crippen molar-refractivity contribution in [2.24, 2.45) is 0 Å². The molecule has 0 aliphatic heterocycles. The van der Waals surface area contributed by atoms with E-state index in [0.29, 0.717) is 0 Å². The summed E-state index contributed by atoms with van der Waals surface area (Å²) in [6.45, 7) is 0. The molecular weight excluding hydrogens is 346 g/mol. The van der Waals surface area contributed by atoms with Gasteiger partial charge in [-0.1, -0.05) is 11.6 Å². The summed E-state index contributed by atoms with van der Waals surface area (Å²) in [5.74, 6) is -1.44. The molecule has 1 aromatic rings. The highest BCUT2D eigenvalue weighted by Crippen LogP contribution is 2.42. The van der Waals surface area contributed by atoms with Crippen LogP contribution in [0.25, 0.3) is 0 Å². The highest BCUT2D eigenvalue weighted by Gasteiger charge is 2.32. The molecule has 0 heterocycles. The lowest BCUT2D eigenvalue weighted by Crippen LogP contribution is -2.21. The second-order valence-corrected chi connectivity index (χ2v) is 5.27. The third kappa shape index (κ3) is 6.34. The molecule has 0 spiro atoms. The molecule has 11 heteroatoms. The van der Waals surface area contributed by atoms with Gasteiger partial charge < -0.3 is 11.1 Å². The van der Waals surface area contributed by atoms with E-state index in [-0.39, 0.29) is 16.4 Å². The van der Waals surface area contributed by atoms with E-state index in [1.54, 1.807) is 5.32 Å². The Bertz CT molecular complexity index is 546. The van der Waals surface area contributed by atoms with Crippen molar-refractivity contribution in [2.45, 2.75) is 23.0 Å². The summed E-state index contributed by atoms with van der Waals surface area (Å²) in [7, 11) is 0. The Labute approximate surface area is 123 Å². The molecule has 1 aromatic carbocycles. The number of anilines is 2. The minimum atomic E-state index is -4.74. The van der Waals surface area contributed by atoms with Crippen molar-refractivity contribution in [3.05, 3.63) is 17.2 Å². The molecule has 0 atom stereocenters. The van der Waals surface area contributed by atoms with Gasteiger partial charge in [-0.15, -0.1) is 0 Å². The predicted molar refractivity (Wildman–Crippen MR) is 67.1 cm³/mol. The van der Waals surface area contributed by atoms with Crippen molar-refractivity contribution in [1.82, 2.24) is 0 Å². The molecule has 3 N–H and O–H groups in total. The van der Waals surface area contributed by atoms with Gasteiger partial charge in [0, 0.05) is 4.90 Å². The monoisotopic (exact) mass is 352 g/mol. The van der Waals surface area contributed by atoms with Crippen molar-refractivity contribution in [1.29, 1.82) is 0 Å². The smallest absolute Gasteiger partial charge is 0.397 e. The van der Waals surface area contributed by atoms with Crippen LogP contribution in [0.15, 0.2) is 17.0 Å². The van der Waals surface area contributed by atoms with Gasteiger partial charge in [-0.2, -0.15) is 26.3 Å². The molecule has 21 heavy (non-hydrogen) atoms. The van der Waals surface area contributed by atoms with Crippen molar-refractivity contribution in [2.75, 3.05) is 11.1 Å². The molecule has 1 rings (SSSR count). The first kappa shape index (κ1) is 17.8. The van der Waals surface area contributed by atoms with Crippen molar-refractivity contribution in [3.8, 4) is 0 Å². The summed E-state index contributed by atoms with van der Waals surface area (Å²) in [6, 6.07) is 1.68. The quantitative estimate of drug-likeness (QED) is 0.481. The van der Waals surface area contributed by atoms with Crippen LogP contribution in [0.2, 0.25) is 5.02 Å². The summed E-state index contributed by atoms with van der Waals surface area (Å²) in [4.78, 5) is 10.6. The van der Waals surface area contributed by atoms with E-state index < -0.39 is 40.7 Å². The van der Waals surface area contributed by atoms with Crippen molar-refractivity contribution < 1.29 is 31.1 Å². The van der Waals surface area contributed by atoms with Crippen LogP contribution >= 0.6 is 23.4 Å². The fourth-order valence-corrected chi connectivity index (χ4v) is 2.13. The van der Waals surface area contributed by atoms with E-state index in [1.807, 2.05) is 0 Å². The zero-order chi connectivity index (χ0) is 16.4. The molecule has 0 unspecified atom stereocenters. The summed E-state index contributed by atoms with van der Waals surface area (Å²) in [5, 5.41) is 1.47. The van der Waals surface area contributed by atoms with Crippen molar-refractivity contribution in [3.63, 3.8) is 0 Å². The molecule has 0 aromatic heterocycles. The highest BCUT2D eigenvalue weighted by molar-refractivity contribution is 8.00. The third-order valence-corrected chi connectivity index (χ3v) is 3.18. The van der Waals surface area contributed by atoms with Crippen molar-refractivity contribution >= 4 is 40.6 Å². The van der Waals surface area contributed by atoms with E-state index >= 15 is 0 Å². The van der Waals surface area contributed by atoms with Crippen LogP contribution in [0.5, 0.6) is 0 Å². The molecular formula is C10H7ClF6N2OS. The number of thioether (sulfide) groups is 1. The number of benzene rings is 1. The lowest BCUT2D eigenvalue weighted by Gasteiger charge is -2.13. The molecule has 0 aliphatic carbocycles. The Morgan fingerprint density at radius 2 is 1.81 bits per heavy atom. The lowest BCUT2D eigenvalue weighted by molar-refractivity contribution is -0.150. The Kier molecular flexibility index (Phi) is 5.26. The number of carbonyl (C=O) groups excluding carboxylic acids is 1. The van der Waals surface area contributed by atoms with Crippen LogP contribution in [-0.4, -0.2) is 17.6 Å². The number of hydrogen-bond donors (Lipinski definition) is 2. The summed E-state index contributed by atoms with van der Waals surface area (Å²) < 4.78 is 72.9. The third-order valence-electron chi connectivity index (χ3n) is 1.96. The molecule has 0 bridgehead atoms. The molecule has 118 valence electrons. The largest absolute Gasteiger partial charge is 0.446 e. The zero-order valence-corrected chi connectivity index (χ0v) is 11.5. The van der Waals surface area contributed by atoms with E-state index in [4.69, 9.17) is 17.3 Å². The van der Waals surface area contributed by atoms with Gasteiger partial charge in [0.05, 0.1) is 16.4 Å². The van der Waals surface area contributed by atoms with E-state index in [1.165, 1.54) is 0 Å². The number of halogens is 7. The van der Waals surface area contributed by atoms with Gasteiger partial charge in [-0.25, -0.2) is 0 Å². The van der Waals surface area contributed by atoms with E-state index in [2.05, 4.69) is 0 Å². The van der Waals surface area contributed by atoms with Crippen LogP contribution in [0, 0.1) is 0 Å². The van der Waals surface area contributed by atoms with Crippen LogP contribution in [-0.2, 0) is 4.79 Å². The normalized spacial score (nSPS) is 12.3. The summed E-state index contributed by atoms with van der Waals surface area (Å²) in [6.07, 6.45) is -6.52.